The van der Waals surface area contributed by atoms with E-state index >= 15 is 0 Å². The van der Waals surface area contributed by atoms with Gasteiger partial charge >= 0.3 is 5.69 Å². The van der Waals surface area contributed by atoms with Crippen LogP contribution in [0.25, 0.3) is 0 Å². The van der Waals surface area contributed by atoms with E-state index in [-0.39, 0.29) is 9.36 Å². The van der Waals surface area contributed by atoms with Gasteiger partial charge in [-0.2, -0.15) is 0 Å². The van der Waals surface area contributed by atoms with Crippen molar-refractivity contribution in [1.82, 2.24) is 4.98 Å². The molecule has 0 aromatic carbocycles. The smallest absolute Gasteiger partial charge is 0.258 e. The number of nitrogens with one attached hydrogen (secondary N) is 1. The van der Waals surface area contributed by atoms with Gasteiger partial charge in [0.05, 0.1) is 8.71 Å². The van der Waals surface area contributed by atoms with Crippen molar-refractivity contribution in [3.05, 3.63) is 43.3 Å². The molecule has 2 aromatic heterocycles. The summed E-state index contributed by atoms with van der Waals surface area (Å²) in [6.07, 6.45) is 0. The van der Waals surface area contributed by atoms with E-state index in [1.54, 1.807) is 6.07 Å². The fourth-order valence-corrected chi connectivity index (χ4v) is 4.44. The first-order valence-corrected chi connectivity index (χ1v) is 8.36. The lowest BCUT2D eigenvalue weighted by atomic mass is 10.4. The molecule has 0 bridgehead atoms. The fraction of sp³-hybridized carbons (Fsp3) is 0. The van der Waals surface area contributed by atoms with Gasteiger partial charge in [0.2, 0.25) is 5.82 Å². The van der Waals surface area contributed by atoms with Crippen LogP contribution in [-0.4, -0.2) is 18.3 Å². The number of halogens is 2. The first-order chi connectivity index (χ1) is 9.29. The lowest BCUT2D eigenvalue weighted by molar-refractivity contribution is -0.384. The molecule has 0 radical (unpaired) electrons. The molecule has 0 atom stereocenters. The SMILES string of the molecule is O=[N+]([O-])c1ccc(Cl)nc1NS(=O)(=O)c1ccc(Br)s1. The summed E-state index contributed by atoms with van der Waals surface area (Å²) in [5.41, 5.74) is -0.478. The molecule has 7 nitrogen and oxygen atoms in total. The van der Waals surface area contributed by atoms with Gasteiger partial charge in [-0.25, -0.2) is 13.4 Å². The molecular formula is C9H5BrClN3O4S2. The van der Waals surface area contributed by atoms with Crippen LogP contribution in [0.4, 0.5) is 11.5 Å². The molecule has 20 heavy (non-hydrogen) atoms. The standard InChI is InChI=1S/C9H5BrClN3O4S2/c10-6-2-4-8(19-6)20(17,18)13-9-5(14(15)16)1-3-7(11)12-9/h1-4H,(H,12,13). The molecular weight excluding hydrogens is 394 g/mol. The van der Waals surface area contributed by atoms with Crippen molar-refractivity contribution in [1.29, 1.82) is 0 Å². The minimum Gasteiger partial charge on any atom is -0.258 e. The molecule has 0 saturated heterocycles. The van der Waals surface area contributed by atoms with Crippen molar-refractivity contribution in [2.75, 3.05) is 4.72 Å². The van der Waals surface area contributed by atoms with Crippen molar-refractivity contribution in [3.8, 4) is 0 Å². The van der Waals surface area contributed by atoms with Crippen molar-refractivity contribution in [2.45, 2.75) is 4.21 Å². The predicted octanol–water partition coefficient (Wildman–Crippen LogP) is 3.27. The number of hydrogen-bond donors (Lipinski definition) is 1. The minimum absolute atomic E-state index is 0.000415. The largest absolute Gasteiger partial charge is 0.312 e. The third kappa shape index (κ3) is 3.26. The normalized spacial score (nSPS) is 11.3. The Labute approximate surface area is 130 Å². The minimum atomic E-state index is -3.95. The third-order valence-electron chi connectivity index (χ3n) is 2.08. The summed E-state index contributed by atoms with van der Waals surface area (Å²) in [6, 6.07) is 5.21. The Morgan fingerprint density at radius 2 is 2.05 bits per heavy atom. The lowest BCUT2D eigenvalue weighted by Gasteiger charge is -2.06. The van der Waals surface area contributed by atoms with Gasteiger partial charge in [0.25, 0.3) is 10.0 Å². The van der Waals surface area contributed by atoms with Gasteiger partial charge in [0.15, 0.2) is 0 Å². The van der Waals surface area contributed by atoms with E-state index in [4.69, 9.17) is 11.6 Å². The summed E-state index contributed by atoms with van der Waals surface area (Å²) in [6.45, 7) is 0. The molecule has 0 unspecified atom stereocenters. The van der Waals surface area contributed by atoms with Gasteiger partial charge in [-0.15, -0.1) is 11.3 Å². The van der Waals surface area contributed by atoms with E-state index in [9.17, 15) is 18.5 Å². The van der Waals surface area contributed by atoms with Gasteiger partial charge in [-0.1, -0.05) is 11.6 Å². The average molecular weight is 399 g/mol. The number of nitrogens with zero attached hydrogens (tertiary/aromatic N) is 2. The van der Waals surface area contributed by atoms with Crippen LogP contribution in [0.15, 0.2) is 32.3 Å². The summed E-state index contributed by atoms with van der Waals surface area (Å²) in [4.78, 5) is 13.7. The van der Waals surface area contributed by atoms with E-state index < -0.39 is 26.5 Å². The second kappa shape index (κ2) is 5.64. The van der Waals surface area contributed by atoms with E-state index in [0.29, 0.717) is 3.79 Å². The second-order valence-corrected chi connectivity index (χ2v) is 8.18. The monoisotopic (exact) mass is 397 g/mol. The number of sulfonamides is 1. The number of pyridine rings is 1. The molecule has 0 saturated carbocycles. The Balaban J connectivity index is 2.44. The number of rotatable bonds is 4. The van der Waals surface area contributed by atoms with Crippen molar-refractivity contribution in [3.63, 3.8) is 0 Å². The molecule has 0 amide bonds. The number of thiophene rings is 1. The van der Waals surface area contributed by atoms with Crippen LogP contribution in [-0.2, 0) is 10.0 Å². The molecule has 2 aromatic rings. The predicted molar refractivity (Wildman–Crippen MR) is 78.7 cm³/mol. The Bertz CT molecular complexity index is 777. The Hall–Kier alpha value is -1.23. The zero-order valence-electron chi connectivity index (χ0n) is 9.41. The Morgan fingerprint density at radius 1 is 1.35 bits per heavy atom. The van der Waals surface area contributed by atoms with Gasteiger partial charge in [-0.3, -0.25) is 14.8 Å². The van der Waals surface area contributed by atoms with Crippen LogP contribution < -0.4 is 4.72 Å². The highest BCUT2D eigenvalue weighted by Gasteiger charge is 2.23. The number of aromatic nitrogens is 1. The van der Waals surface area contributed by atoms with Crippen LogP contribution in [0.2, 0.25) is 5.15 Å². The third-order valence-corrected chi connectivity index (χ3v) is 5.75. The first-order valence-electron chi connectivity index (χ1n) is 4.89. The number of anilines is 1. The quantitative estimate of drug-likeness (QED) is 0.484. The maximum Gasteiger partial charge on any atom is 0.312 e. The Morgan fingerprint density at radius 3 is 2.60 bits per heavy atom. The maximum atomic E-state index is 12.1. The van der Waals surface area contributed by atoms with Gasteiger partial charge < -0.3 is 0 Å². The summed E-state index contributed by atoms with van der Waals surface area (Å²) in [5, 5.41) is 10.8. The van der Waals surface area contributed by atoms with Crippen molar-refractivity contribution in [2.24, 2.45) is 0 Å². The molecule has 0 spiro atoms. The second-order valence-electron chi connectivity index (χ2n) is 3.42. The highest BCUT2D eigenvalue weighted by atomic mass is 79.9. The maximum absolute atomic E-state index is 12.1. The Kier molecular flexibility index (Phi) is 4.28. The highest BCUT2D eigenvalue weighted by Crippen LogP contribution is 2.30. The van der Waals surface area contributed by atoms with E-state index in [0.717, 1.165) is 17.4 Å². The molecule has 0 fully saturated rings. The summed E-state index contributed by atoms with van der Waals surface area (Å²) in [7, 11) is -3.95. The lowest BCUT2D eigenvalue weighted by Crippen LogP contribution is -2.14. The van der Waals surface area contributed by atoms with E-state index in [1.807, 2.05) is 0 Å². The van der Waals surface area contributed by atoms with Crippen LogP contribution in [0, 0.1) is 10.1 Å². The number of hydrogen-bond acceptors (Lipinski definition) is 6. The molecule has 1 N–H and O–H groups in total. The molecule has 2 heterocycles. The fourth-order valence-electron chi connectivity index (χ4n) is 1.27. The average Bonchev–Trinajstić information content (AvgIpc) is 2.75. The van der Waals surface area contributed by atoms with Gasteiger partial charge in [-0.05, 0) is 34.1 Å². The molecule has 11 heteroatoms. The first kappa shape index (κ1) is 15.2. The van der Waals surface area contributed by atoms with Crippen molar-refractivity contribution < 1.29 is 13.3 Å². The summed E-state index contributed by atoms with van der Waals surface area (Å²) in [5.74, 6) is -0.424. The molecule has 106 valence electrons. The number of nitro groups is 1. The zero-order valence-corrected chi connectivity index (χ0v) is 13.4. The molecule has 0 aliphatic rings. The van der Waals surface area contributed by atoms with Crippen LogP contribution in [0.1, 0.15) is 0 Å². The van der Waals surface area contributed by atoms with Crippen LogP contribution in [0.5, 0.6) is 0 Å². The van der Waals surface area contributed by atoms with Crippen molar-refractivity contribution >= 4 is 60.4 Å². The van der Waals surface area contributed by atoms with Crippen LogP contribution in [0.3, 0.4) is 0 Å². The summed E-state index contributed by atoms with van der Waals surface area (Å²) >= 11 is 9.74. The molecule has 0 aliphatic heterocycles. The summed E-state index contributed by atoms with van der Waals surface area (Å²) < 4.78 is 26.8. The molecule has 0 aliphatic carbocycles. The highest BCUT2D eigenvalue weighted by molar-refractivity contribution is 9.11. The van der Waals surface area contributed by atoms with Crippen LogP contribution >= 0.6 is 38.9 Å². The van der Waals surface area contributed by atoms with E-state index in [1.165, 1.54) is 12.1 Å². The topological polar surface area (TPSA) is 102 Å². The van der Waals surface area contributed by atoms with Gasteiger partial charge in [0.1, 0.15) is 9.36 Å². The zero-order chi connectivity index (χ0) is 14.9. The van der Waals surface area contributed by atoms with Gasteiger partial charge in [0, 0.05) is 6.07 Å². The van der Waals surface area contributed by atoms with E-state index in [2.05, 4.69) is 25.6 Å². The molecule has 2 rings (SSSR count).